The molecular weight excluding hydrogens is 214 g/mol. The van der Waals surface area contributed by atoms with E-state index in [9.17, 15) is 4.79 Å². The first-order chi connectivity index (χ1) is 7.26. The van der Waals surface area contributed by atoms with Gasteiger partial charge in [0.2, 0.25) is 0 Å². The molecule has 0 aliphatic carbocycles. The van der Waals surface area contributed by atoms with Crippen LogP contribution >= 0.6 is 11.8 Å². The maximum atomic E-state index is 11.1. The number of ether oxygens (including phenoxy) is 1. The van der Waals surface area contributed by atoms with Gasteiger partial charge in [0.1, 0.15) is 6.61 Å². The number of nitrogens with one attached hydrogen (secondary N) is 1. The largest absolute Gasteiger partial charge is 0.447 e. The molecule has 0 atom stereocenters. The number of carbonyl (C=O) groups is 1. The lowest BCUT2D eigenvalue weighted by Crippen LogP contribution is -2.15. The summed E-state index contributed by atoms with van der Waals surface area (Å²) in [6, 6.07) is 7.44. The number of aliphatic hydroxyl groups is 1. The summed E-state index contributed by atoms with van der Waals surface area (Å²) in [6.07, 6.45) is 1.41. The van der Waals surface area contributed by atoms with E-state index in [2.05, 4.69) is 10.1 Å². The van der Waals surface area contributed by atoms with Crippen LogP contribution in [0.25, 0.3) is 0 Å². The molecule has 15 heavy (non-hydrogen) atoms. The molecule has 4 nitrogen and oxygen atoms in total. The molecular formula is C10H13NO3S. The number of hydrogen-bond donors (Lipinski definition) is 2. The van der Waals surface area contributed by atoms with E-state index >= 15 is 0 Å². The second kappa shape index (κ2) is 6.31. The molecule has 82 valence electrons. The molecule has 2 N–H and O–H groups in total. The maximum absolute atomic E-state index is 11.1. The molecule has 0 fully saturated rings. The van der Waals surface area contributed by atoms with Crippen molar-refractivity contribution in [3.63, 3.8) is 0 Å². The van der Waals surface area contributed by atoms with Gasteiger partial charge in [-0.15, -0.1) is 11.8 Å². The highest BCUT2D eigenvalue weighted by Gasteiger charge is 2.02. The molecule has 0 aliphatic heterocycles. The van der Waals surface area contributed by atoms with Gasteiger partial charge in [-0.05, 0) is 24.5 Å². The second-order valence-electron chi connectivity index (χ2n) is 2.72. The molecule has 0 bridgehead atoms. The van der Waals surface area contributed by atoms with Crippen molar-refractivity contribution >= 4 is 23.5 Å². The molecule has 1 aromatic carbocycles. The Bertz CT molecular complexity index is 330. The maximum Gasteiger partial charge on any atom is 0.411 e. The van der Waals surface area contributed by atoms with E-state index in [0.29, 0.717) is 5.69 Å². The van der Waals surface area contributed by atoms with Crippen LogP contribution in [0, 0.1) is 0 Å². The summed E-state index contributed by atoms with van der Waals surface area (Å²) in [5, 5.41) is 11.0. The number of benzene rings is 1. The Morgan fingerprint density at radius 3 is 3.07 bits per heavy atom. The van der Waals surface area contributed by atoms with Crippen molar-refractivity contribution in [2.75, 3.05) is 24.8 Å². The minimum absolute atomic E-state index is 0.00799. The normalized spacial score (nSPS) is 9.73. The van der Waals surface area contributed by atoms with Crippen LogP contribution in [0.1, 0.15) is 0 Å². The van der Waals surface area contributed by atoms with Crippen molar-refractivity contribution in [3.8, 4) is 0 Å². The van der Waals surface area contributed by atoms with E-state index < -0.39 is 6.09 Å². The number of hydrogen-bond acceptors (Lipinski definition) is 4. The summed E-state index contributed by atoms with van der Waals surface area (Å²) < 4.78 is 4.66. The molecule has 0 radical (unpaired) electrons. The quantitative estimate of drug-likeness (QED) is 0.772. The Balaban J connectivity index is 2.52. The lowest BCUT2D eigenvalue weighted by Gasteiger charge is -2.06. The number of carbonyl (C=O) groups excluding carboxylic acids is 1. The molecule has 0 aliphatic rings. The van der Waals surface area contributed by atoms with Crippen molar-refractivity contribution in [2.45, 2.75) is 4.90 Å². The van der Waals surface area contributed by atoms with Gasteiger partial charge in [-0.3, -0.25) is 5.32 Å². The smallest absolute Gasteiger partial charge is 0.411 e. The third-order valence-corrected chi connectivity index (χ3v) is 2.37. The van der Waals surface area contributed by atoms with Gasteiger partial charge in [0.05, 0.1) is 6.61 Å². The first-order valence-corrected chi connectivity index (χ1v) is 5.67. The van der Waals surface area contributed by atoms with Crippen LogP contribution in [0.15, 0.2) is 29.2 Å². The van der Waals surface area contributed by atoms with Crippen molar-refractivity contribution in [1.82, 2.24) is 0 Å². The van der Waals surface area contributed by atoms with Gasteiger partial charge < -0.3 is 9.84 Å². The van der Waals surface area contributed by atoms with Crippen LogP contribution in [0.3, 0.4) is 0 Å². The monoisotopic (exact) mass is 227 g/mol. The molecule has 0 saturated heterocycles. The molecule has 0 unspecified atom stereocenters. The van der Waals surface area contributed by atoms with Crippen LogP contribution in [0.5, 0.6) is 0 Å². The van der Waals surface area contributed by atoms with E-state index in [0.717, 1.165) is 4.90 Å². The topological polar surface area (TPSA) is 58.6 Å². The van der Waals surface area contributed by atoms with Gasteiger partial charge in [0.15, 0.2) is 0 Å². The predicted molar refractivity (Wildman–Crippen MR) is 60.3 cm³/mol. The van der Waals surface area contributed by atoms with Crippen LogP contribution in [-0.4, -0.2) is 30.7 Å². The van der Waals surface area contributed by atoms with Crippen LogP contribution in [-0.2, 0) is 4.74 Å². The zero-order valence-electron chi connectivity index (χ0n) is 8.40. The minimum atomic E-state index is -0.553. The SMILES string of the molecule is CSc1cccc(NC(=O)OCCO)c1. The molecule has 1 aromatic rings. The van der Waals surface area contributed by atoms with Crippen molar-refractivity contribution < 1.29 is 14.6 Å². The number of rotatable bonds is 4. The highest BCUT2D eigenvalue weighted by Crippen LogP contribution is 2.18. The summed E-state index contributed by atoms with van der Waals surface area (Å²) in [7, 11) is 0. The summed E-state index contributed by atoms with van der Waals surface area (Å²) in [4.78, 5) is 12.2. The Morgan fingerprint density at radius 2 is 2.40 bits per heavy atom. The molecule has 0 heterocycles. The number of aliphatic hydroxyl groups excluding tert-OH is 1. The van der Waals surface area contributed by atoms with Gasteiger partial charge >= 0.3 is 6.09 Å². The van der Waals surface area contributed by atoms with Crippen LogP contribution in [0.2, 0.25) is 0 Å². The van der Waals surface area contributed by atoms with Crippen molar-refractivity contribution in [1.29, 1.82) is 0 Å². The molecule has 5 heteroatoms. The third-order valence-electron chi connectivity index (χ3n) is 1.64. The Hall–Kier alpha value is -1.20. The molecule has 1 amide bonds. The van der Waals surface area contributed by atoms with Gasteiger partial charge in [0.25, 0.3) is 0 Å². The number of anilines is 1. The third kappa shape index (κ3) is 4.22. The average Bonchev–Trinajstić information content (AvgIpc) is 2.26. The summed E-state index contributed by atoms with van der Waals surface area (Å²) in [6.45, 7) is -0.160. The van der Waals surface area contributed by atoms with Crippen LogP contribution < -0.4 is 5.32 Å². The summed E-state index contributed by atoms with van der Waals surface area (Å²) >= 11 is 1.60. The fourth-order valence-electron chi connectivity index (χ4n) is 0.993. The Kier molecular flexibility index (Phi) is 5.00. The Labute approximate surface area is 92.6 Å². The first-order valence-electron chi connectivity index (χ1n) is 4.45. The number of amides is 1. The predicted octanol–water partition coefficient (Wildman–Crippen LogP) is 1.95. The average molecular weight is 227 g/mol. The molecule has 0 aromatic heterocycles. The lowest BCUT2D eigenvalue weighted by atomic mass is 10.3. The fraction of sp³-hybridized carbons (Fsp3) is 0.300. The highest BCUT2D eigenvalue weighted by atomic mass is 32.2. The van der Waals surface area contributed by atoms with Crippen molar-refractivity contribution in [2.24, 2.45) is 0 Å². The standard InChI is InChI=1S/C10H13NO3S/c1-15-9-4-2-3-8(7-9)11-10(13)14-6-5-12/h2-4,7,12H,5-6H2,1H3,(H,11,13). The van der Waals surface area contributed by atoms with E-state index in [1.807, 2.05) is 24.5 Å². The molecule has 0 saturated carbocycles. The van der Waals surface area contributed by atoms with Gasteiger partial charge in [0, 0.05) is 10.6 Å². The second-order valence-corrected chi connectivity index (χ2v) is 3.60. The van der Waals surface area contributed by atoms with E-state index in [1.165, 1.54) is 0 Å². The van der Waals surface area contributed by atoms with Gasteiger partial charge in [-0.1, -0.05) is 6.07 Å². The molecule has 1 rings (SSSR count). The van der Waals surface area contributed by atoms with Crippen LogP contribution in [0.4, 0.5) is 10.5 Å². The zero-order valence-corrected chi connectivity index (χ0v) is 9.21. The Morgan fingerprint density at radius 1 is 1.60 bits per heavy atom. The van der Waals surface area contributed by atoms with Gasteiger partial charge in [-0.25, -0.2) is 4.79 Å². The van der Waals surface area contributed by atoms with E-state index in [-0.39, 0.29) is 13.2 Å². The first kappa shape index (κ1) is 11.9. The number of thioether (sulfide) groups is 1. The van der Waals surface area contributed by atoms with Gasteiger partial charge in [-0.2, -0.15) is 0 Å². The molecule has 0 spiro atoms. The van der Waals surface area contributed by atoms with Crippen molar-refractivity contribution in [3.05, 3.63) is 24.3 Å². The fourth-order valence-corrected chi connectivity index (χ4v) is 1.45. The van der Waals surface area contributed by atoms with E-state index in [1.54, 1.807) is 17.8 Å². The lowest BCUT2D eigenvalue weighted by molar-refractivity contribution is 0.131. The summed E-state index contributed by atoms with van der Waals surface area (Å²) in [5.74, 6) is 0. The summed E-state index contributed by atoms with van der Waals surface area (Å²) in [5.41, 5.74) is 0.685. The minimum Gasteiger partial charge on any atom is -0.447 e. The van der Waals surface area contributed by atoms with E-state index in [4.69, 9.17) is 5.11 Å². The highest BCUT2D eigenvalue weighted by molar-refractivity contribution is 7.98. The zero-order chi connectivity index (χ0) is 11.1.